The Morgan fingerprint density at radius 2 is 1.81 bits per heavy atom. The van der Waals surface area contributed by atoms with Crippen LogP contribution in [0.4, 0.5) is 5.69 Å². The van der Waals surface area contributed by atoms with Crippen molar-refractivity contribution in [3.63, 3.8) is 0 Å². The molecule has 1 aromatic carbocycles. The number of unbranched alkanes of at least 4 members (excludes halogenated alkanes) is 1. The maximum absolute atomic E-state index is 11.5. The van der Waals surface area contributed by atoms with E-state index in [1.807, 2.05) is 12.1 Å². The van der Waals surface area contributed by atoms with E-state index in [2.05, 4.69) is 6.58 Å². The van der Waals surface area contributed by atoms with Gasteiger partial charge in [-0.25, -0.2) is 4.79 Å². The van der Waals surface area contributed by atoms with E-state index in [1.165, 1.54) is 0 Å². The standard InChI is InChI=1S/C16H21NO4/c1-12(2)16(19)20-10-4-3-5-15(18)21-11-13-6-8-14(17)9-7-13/h6-9H,1,3-5,10-11,17H2,2H3. The number of esters is 2. The van der Waals surface area contributed by atoms with Gasteiger partial charge in [-0.05, 0) is 37.5 Å². The normalized spacial score (nSPS) is 9.95. The monoisotopic (exact) mass is 291 g/mol. The van der Waals surface area contributed by atoms with E-state index in [1.54, 1.807) is 19.1 Å². The second-order valence-corrected chi connectivity index (χ2v) is 4.78. The first kappa shape index (κ1) is 16.8. The van der Waals surface area contributed by atoms with Gasteiger partial charge in [0.2, 0.25) is 0 Å². The summed E-state index contributed by atoms with van der Waals surface area (Å²) in [6.07, 6.45) is 1.54. The van der Waals surface area contributed by atoms with E-state index in [-0.39, 0.29) is 19.2 Å². The summed E-state index contributed by atoms with van der Waals surface area (Å²) in [5, 5.41) is 0. The van der Waals surface area contributed by atoms with Gasteiger partial charge >= 0.3 is 11.9 Å². The topological polar surface area (TPSA) is 78.6 Å². The summed E-state index contributed by atoms with van der Waals surface area (Å²) in [4.78, 5) is 22.6. The number of benzene rings is 1. The van der Waals surface area contributed by atoms with Gasteiger partial charge in [-0.3, -0.25) is 4.79 Å². The van der Waals surface area contributed by atoms with Crippen LogP contribution in [-0.2, 0) is 25.7 Å². The van der Waals surface area contributed by atoms with Gasteiger partial charge < -0.3 is 15.2 Å². The Morgan fingerprint density at radius 1 is 1.14 bits per heavy atom. The van der Waals surface area contributed by atoms with Gasteiger partial charge in [-0.2, -0.15) is 0 Å². The number of hydrogen-bond acceptors (Lipinski definition) is 5. The highest BCUT2D eigenvalue weighted by Gasteiger charge is 2.05. The largest absolute Gasteiger partial charge is 0.462 e. The third-order valence-corrected chi connectivity index (χ3v) is 2.74. The molecule has 0 aromatic heterocycles. The Morgan fingerprint density at radius 3 is 2.43 bits per heavy atom. The van der Waals surface area contributed by atoms with E-state index in [0.29, 0.717) is 30.5 Å². The fourth-order valence-electron chi connectivity index (χ4n) is 1.51. The molecule has 0 aliphatic carbocycles. The van der Waals surface area contributed by atoms with Gasteiger partial charge in [-0.15, -0.1) is 0 Å². The van der Waals surface area contributed by atoms with Crippen molar-refractivity contribution in [1.82, 2.24) is 0 Å². The molecule has 0 radical (unpaired) electrons. The predicted octanol–water partition coefficient (Wildman–Crippen LogP) is 2.60. The van der Waals surface area contributed by atoms with E-state index >= 15 is 0 Å². The SMILES string of the molecule is C=C(C)C(=O)OCCCCC(=O)OCc1ccc(N)cc1. The number of nitrogens with two attached hydrogens (primary N) is 1. The van der Waals surface area contributed by atoms with Crippen molar-refractivity contribution in [2.75, 3.05) is 12.3 Å². The molecule has 0 atom stereocenters. The molecule has 0 saturated carbocycles. The molecule has 5 heteroatoms. The van der Waals surface area contributed by atoms with Crippen LogP contribution < -0.4 is 5.73 Å². The number of ether oxygens (including phenoxy) is 2. The minimum Gasteiger partial charge on any atom is -0.462 e. The van der Waals surface area contributed by atoms with Crippen molar-refractivity contribution in [3.8, 4) is 0 Å². The van der Waals surface area contributed by atoms with Crippen LogP contribution in [0.5, 0.6) is 0 Å². The maximum Gasteiger partial charge on any atom is 0.333 e. The van der Waals surface area contributed by atoms with Crippen LogP contribution in [0, 0.1) is 0 Å². The average Bonchev–Trinajstić information content (AvgIpc) is 2.46. The molecule has 1 rings (SSSR count). The van der Waals surface area contributed by atoms with Crippen molar-refractivity contribution in [1.29, 1.82) is 0 Å². The van der Waals surface area contributed by atoms with Crippen molar-refractivity contribution in [2.24, 2.45) is 0 Å². The Hall–Kier alpha value is -2.30. The summed E-state index contributed by atoms with van der Waals surface area (Å²) in [6.45, 7) is 5.61. The molecule has 0 fully saturated rings. The van der Waals surface area contributed by atoms with Crippen LogP contribution in [0.2, 0.25) is 0 Å². The van der Waals surface area contributed by atoms with Crippen molar-refractivity contribution >= 4 is 17.6 Å². The summed E-state index contributed by atoms with van der Waals surface area (Å²) in [6, 6.07) is 7.16. The zero-order valence-electron chi connectivity index (χ0n) is 12.3. The molecule has 0 heterocycles. The lowest BCUT2D eigenvalue weighted by Gasteiger charge is -2.06. The van der Waals surface area contributed by atoms with E-state index in [0.717, 1.165) is 5.56 Å². The van der Waals surface area contributed by atoms with Crippen LogP contribution in [0.15, 0.2) is 36.4 Å². The van der Waals surface area contributed by atoms with Crippen LogP contribution in [0.1, 0.15) is 31.7 Å². The molecule has 1 aromatic rings. The molecule has 0 saturated heterocycles. The Labute approximate surface area is 124 Å². The molecule has 0 aliphatic rings. The van der Waals surface area contributed by atoms with Crippen molar-refractivity contribution < 1.29 is 19.1 Å². The fourth-order valence-corrected chi connectivity index (χ4v) is 1.51. The minimum atomic E-state index is -0.402. The lowest BCUT2D eigenvalue weighted by Crippen LogP contribution is -2.08. The van der Waals surface area contributed by atoms with Gasteiger partial charge in [0.25, 0.3) is 0 Å². The molecular weight excluding hydrogens is 270 g/mol. The van der Waals surface area contributed by atoms with Gasteiger partial charge in [0.15, 0.2) is 0 Å². The summed E-state index contributed by atoms with van der Waals surface area (Å²) in [5.41, 5.74) is 7.51. The first-order valence-electron chi connectivity index (χ1n) is 6.81. The zero-order chi connectivity index (χ0) is 15.7. The second kappa shape index (κ2) is 8.79. The number of hydrogen-bond donors (Lipinski definition) is 1. The second-order valence-electron chi connectivity index (χ2n) is 4.78. The Bertz CT molecular complexity index is 494. The minimum absolute atomic E-state index is 0.240. The van der Waals surface area contributed by atoms with Gasteiger partial charge in [0.1, 0.15) is 6.61 Å². The quantitative estimate of drug-likeness (QED) is 0.345. The summed E-state index contributed by atoms with van der Waals surface area (Å²) in [5.74, 6) is -0.668. The first-order chi connectivity index (χ1) is 9.99. The smallest absolute Gasteiger partial charge is 0.333 e. The molecule has 0 amide bonds. The molecule has 114 valence electrons. The fraction of sp³-hybridized carbons (Fsp3) is 0.375. The molecule has 0 bridgehead atoms. The molecule has 0 unspecified atom stereocenters. The van der Waals surface area contributed by atoms with Crippen LogP contribution in [0.25, 0.3) is 0 Å². The van der Waals surface area contributed by atoms with E-state index in [4.69, 9.17) is 15.2 Å². The highest BCUT2D eigenvalue weighted by Crippen LogP contribution is 2.08. The summed E-state index contributed by atoms with van der Waals surface area (Å²) in [7, 11) is 0. The predicted molar refractivity (Wildman–Crippen MR) is 80.3 cm³/mol. The zero-order valence-corrected chi connectivity index (χ0v) is 12.3. The highest BCUT2D eigenvalue weighted by atomic mass is 16.5. The average molecular weight is 291 g/mol. The van der Waals surface area contributed by atoms with Crippen LogP contribution in [0.3, 0.4) is 0 Å². The lowest BCUT2D eigenvalue weighted by molar-refractivity contribution is -0.145. The molecule has 0 spiro atoms. The number of carbonyl (C=O) groups is 2. The Balaban J connectivity index is 2.10. The third-order valence-electron chi connectivity index (χ3n) is 2.74. The molecule has 2 N–H and O–H groups in total. The molecule has 21 heavy (non-hydrogen) atoms. The molecular formula is C16H21NO4. The third kappa shape index (κ3) is 7.15. The maximum atomic E-state index is 11.5. The number of rotatable bonds is 8. The number of carbonyl (C=O) groups excluding carboxylic acids is 2. The molecule has 0 aliphatic heterocycles. The highest BCUT2D eigenvalue weighted by molar-refractivity contribution is 5.86. The van der Waals surface area contributed by atoms with Crippen molar-refractivity contribution in [2.45, 2.75) is 32.8 Å². The van der Waals surface area contributed by atoms with E-state index < -0.39 is 5.97 Å². The van der Waals surface area contributed by atoms with Crippen LogP contribution in [-0.4, -0.2) is 18.5 Å². The summed E-state index contributed by atoms with van der Waals surface area (Å²) >= 11 is 0. The van der Waals surface area contributed by atoms with Gasteiger partial charge in [0.05, 0.1) is 6.61 Å². The first-order valence-corrected chi connectivity index (χ1v) is 6.81. The number of nitrogen functional groups attached to an aromatic ring is 1. The van der Waals surface area contributed by atoms with Crippen molar-refractivity contribution in [3.05, 3.63) is 42.0 Å². The van der Waals surface area contributed by atoms with Crippen LogP contribution >= 0.6 is 0 Å². The van der Waals surface area contributed by atoms with E-state index in [9.17, 15) is 9.59 Å². The van der Waals surface area contributed by atoms with Gasteiger partial charge in [-0.1, -0.05) is 18.7 Å². The molecule has 5 nitrogen and oxygen atoms in total. The summed E-state index contributed by atoms with van der Waals surface area (Å²) < 4.78 is 10.1. The van der Waals surface area contributed by atoms with Gasteiger partial charge in [0, 0.05) is 17.7 Å². The lowest BCUT2D eigenvalue weighted by atomic mass is 10.2. The number of anilines is 1. The Kier molecular flexibility index (Phi) is 7.01.